The van der Waals surface area contributed by atoms with Crippen molar-refractivity contribution in [2.24, 2.45) is 5.73 Å². The molecule has 0 fully saturated rings. The van der Waals surface area contributed by atoms with Gasteiger partial charge in [0.05, 0.1) is 19.8 Å². The molecule has 20 heavy (non-hydrogen) atoms. The van der Waals surface area contributed by atoms with Crippen LogP contribution in [0.25, 0.3) is 11.5 Å². The second-order valence-corrected chi connectivity index (χ2v) is 4.76. The lowest BCUT2D eigenvalue weighted by atomic mass is 10.00. The van der Waals surface area contributed by atoms with Crippen molar-refractivity contribution in [2.75, 3.05) is 14.2 Å². The Hall–Kier alpha value is -2.08. The van der Waals surface area contributed by atoms with Crippen LogP contribution in [0.2, 0.25) is 0 Å². The number of ether oxygens (including phenoxy) is 2. The van der Waals surface area contributed by atoms with E-state index in [9.17, 15) is 0 Å². The first-order valence-electron chi connectivity index (χ1n) is 6.37. The Balaban J connectivity index is 2.38. The summed E-state index contributed by atoms with van der Waals surface area (Å²) in [5.74, 6) is 2.15. The van der Waals surface area contributed by atoms with Gasteiger partial charge in [-0.15, -0.1) is 0 Å². The molecule has 0 amide bonds. The fraction of sp³-hybridized carbons (Fsp3) is 0.429. The van der Waals surface area contributed by atoms with Gasteiger partial charge < -0.3 is 19.7 Å². The third-order valence-electron chi connectivity index (χ3n) is 3.30. The summed E-state index contributed by atoms with van der Waals surface area (Å²) < 4.78 is 15.7. The largest absolute Gasteiger partial charge is 0.493 e. The summed E-state index contributed by atoms with van der Waals surface area (Å²) in [4.78, 5) is 4.35. The number of nitrogens with zero attached hydrogens (tertiary/aromatic N) is 2. The summed E-state index contributed by atoms with van der Waals surface area (Å²) in [5.41, 5.74) is 6.26. The minimum absolute atomic E-state index is 0.408. The summed E-state index contributed by atoms with van der Waals surface area (Å²) in [6, 6.07) is 5.41. The van der Waals surface area contributed by atoms with Crippen molar-refractivity contribution in [3.63, 3.8) is 0 Å². The highest BCUT2D eigenvalue weighted by atomic mass is 16.5. The van der Waals surface area contributed by atoms with E-state index in [0.29, 0.717) is 23.2 Å². The van der Waals surface area contributed by atoms with Crippen molar-refractivity contribution in [1.29, 1.82) is 0 Å². The Morgan fingerprint density at radius 2 is 1.95 bits per heavy atom. The summed E-state index contributed by atoms with van der Waals surface area (Å²) in [7, 11) is 3.17. The van der Waals surface area contributed by atoms with Gasteiger partial charge in [-0.05, 0) is 31.5 Å². The molecule has 0 aliphatic carbocycles. The number of nitrogens with two attached hydrogens (primary N) is 1. The predicted octanol–water partition coefficient (Wildman–Crippen LogP) is 2.34. The normalized spacial score (nSPS) is 13.8. The monoisotopic (exact) mass is 277 g/mol. The molecule has 0 saturated carbocycles. The lowest BCUT2D eigenvalue weighted by molar-refractivity contribution is 0.354. The number of hydrogen-bond donors (Lipinski definition) is 1. The van der Waals surface area contributed by atoms with Crippen LogP contribution in [0.3, 0.4) is 0 Å². The highest BCUT2D eigenvalue weighted by molar-refractivity contribution is 5.59. The standard InChI is InChI=1S/C14H19N3O3/c1-5-14(2,15)13-16-12(20-17-13)9-6-7-10(18-3)11(8-9)19-4/h6-8H,5,15H2,1-4H3. The fourth-order valence-electron chi connectivity index (χ4n) is 1.70. The first kappa shape index (κ1) is 14.3. The van der Waals surface area contributed by atoms with Crippen LogP contribution < -0.4 is 15.2 Å². The van der Waals surface area contributed by atoms with Gasteiger partial charge in [0.2, 0.25) is 0 Å². The maximum atomic E-state index is 6.10. The summed E-state index contributed by atoms with van der Waals surface area (Å²) in [6.45, 7) is 3.85. The number of aromatic nitrogens is 2. The molecular formula is C14H19N3O3. The van der Waals surface area contributed by atoms with Gasteiger partial charge in [0.25, 0.3) is 5.89 Å². The molecule has 2 rings (SSSR count). The quantitative estimate of drug-likeness (QED) is 0.903. The van der Waals surface area contributed by atoms with Crippen LogP contribution >= 0.6 is 0 Å². The Labute approximate surface area is 117 Å². The van der Waals surface area contributed by atoms with Gasteiger partial charge in [-0.25, -0.2) is 0 Å². The summed E-state index contributed by atoms with van der Waals surface area (Å²) >= 11 is 0. The molecule has 1 aromatic heterocycles. The molecule has 0 aliphatic rings. The van der Waals surface area contributed by atoms with E-state index in [4.69, 9.17) is 19.7 Å². The highest BCUT2D eigenvalue weighted by Gasteiger charge is 2.25. The molecule has 2 aromatic rings. The molecule has 1 heterocycles. The summed E-state index contributed by atoms with van der Waals surface area (Å²) in [6.07, 6.45) is 0.720. The van der Waals surface area contributed by atoms with E-state index in [-0.39, 0.29) is 0 Å². The van der Waals surface area contributed by atoms with Crippen molar-refractivity contribution in [3.05, 3.63) is 24.0 Å². The average Bonchev–Trinajstić information content (AvgIpc) is 2.97. The molecule has 0 aliphatic heterocycles. The third-order valence-corrected chi connectivity index (χ3v) is 3.30. The Bertz CT molecular complexity index is 593. The molecule has 1 aromatic carbocycles. The number of benzene rings is 1. The van der Waals surface area contributed by atoms with Crippen LogP contribution in [0.15, 0.2) is 22.7 Å². The molecule has 0 bridgehead atoms. The van der Waals surface area contributed by atoms with Crippen LogP contribution in [-0.4, -0.2) is 24.4 Å². The molecule has 0 spiro atoms. The fourth-order valence-corrected chi connectivity index (χ4v) is 1.70. The van der Waals surface area contributed by atoms with Crippen LogP contribution in [0.1, 0.15) is 26.1 Å². The zero-order valence-electron chi connectivity index (χ0n) is 12.1. The van der Waals surface area contributed by atoms with E-state index >= 15 is 0 Å². The Morgan fingerprint density at radius 3 is 2.55 bits per heavy atom. The van der Waals surface area contributed by atoms with Gasteiger partial charge in [0.1, 0.15) is 0 Å². The van der Waals surface area contributed by atoms with Crippen molar-refractivity contribution in [1.82, 2.24) is 10.1 Å². The molecule has 1 unspecified atom stereocenters. The van der Waals surface area contributed by atoms with E-state index in [1.807, 2.05) is 19.9 Å². The van der Waals surface area contributed by atoms with E-state index in [1.165, 1.54) is 0 Å². The van der Waals surface area contributed by atoms with Crippen molar-refractivity contribution >= 4 is 0 Å². The van der Waals surface area contributed by atoms with Crippen LogP contribution in [-0.2, 0) is 5.54 Å². The number of rotatable bonds is 5. The minimum Gasteiger partial charge on any atom is -0.493 e. The van der Waals surface area contributed by atoms with Gasteiger partial charge in [-0.2, -0.15) is 4.98 Å². The molecule has 108 valence electrons. The SMILES string of the molecule is CCC(C)(N)c1noc(-c2ccc(OC)c(OC)c2)n1. The van der Waals surface area contributed by atoms with E-state index in [1.54, 1.807) is 26.4 Å². The van der Waals surface area contributed by atoms with Crippen molar-refractivity contribution < 1.29 is 14.0 Å². The third kappa shape index (κ3) is 2.60. The number of hydrogen-bond acceptors (Lipinski definition) is 6. The first-order valence-corrected chi connectivity index (χ1v) is 6.37. The van der Waals surface area contributed by atoms with Crippen molar-refractivity contribution in [2.45, 2.75) is 25.8 Å². The van der Waals surface area contributed by atoms with Gasteiger partial charge in [-0.1, -0.05) is 12.1 Å². The maximum Gasteiger partial charge on any atom is 0.258 e. The van der Waals surface area contributed by atoms with Crippen LogP contribution in [0.4, 0.5) is 0 Å². The molecular weight excluding hydrogens is 258 g/mol. The Morgan fingerprint density at radius 1 is 1.25 bits per heavy atom. The summed E-state index contributed by atoms with van der Waals surface area (Å²) in [5, 5.41) is 3.95. The van der Waals surface area contributed by atoms with Gasteiger partial charge in [-0.3, -0.25) is 0 Å². The zero-order valence-corrected chi connectivity index (χ0v) is 12.1. The highest BCUT2D eigenvalue weighted by Crippen LogP contribution is 2.32. The second-order valence-electron chi connectivity index (χ2n) is 4.76. The minimum atomic E-state index is -0.599. The second kappa shape index (κ2) is 5.50. The molecule has 0 radical (unpaired) electrons. The topological polar surface area (TPSA) is 83.4 Å². The van der Waals surface area contributed by atoms with Crippen LogP contribution in [0.5, 0.6) is 11.5 Å². The van der Waals surface area contributed by atoms with E-state index < -0.39 is 5.54 Å². The van der Waals surface area contributed by atoms with Gasteiger partial charge in [0.15, 0.2) is 17.3 Å². The average molecular weight is 277 g/mol. The van der Waals surface area contributed by atoms with Crippen molar-refractivity contribution in [3.8, 4) is 23.0 Å². The number of methoxy groups -OCH3 is 2. The zero-order chi connectivity index (χ0) is 14.8. The molecule has 6 heteroatoms. The van der Waals surface area contributed by atoms with Crippen LogP contribution in [0, 0.1) is 0 Å². The predicted molar refractivity (Wildman–Crippen MR) is 74.7 cm³/mol. The Kier molecular flexibility index (Phi) is 3.94. The lowest BCUT2D eigenvalue weighted by Crippen LogP contribution is -2.33. The molecule has 1 atom stereocenters. The first-order chi connectivity index (χ1) is 9.51. The molecule has 2 N–H and O–H groups in total. The van der Waals surface area contributed by atoms with Gasteiger partial charge in [0, 0.05) is 5.56 Å². The lowest BCUT2D eigenvalue weighted by Gasteiger charge is -2.16. The smallest absolute Gasteiger partial charge is 0.258 e. The molecule has 6 nitrogen and oxygen atoms in total. The van der Waals surface area contributed by atoms with Gasteiger partial charge >= 0.3 is 0 Å². The van der Waals surface area contributed by atoms with E-state index in [0.717, 1.165) is 12.0 Å². The maximum absolute atomic E-state index is 6.10. The molecule has 0 saturated heterocycles. The van der Waals surface area contributed by atoms with E-state index in [2.05, 4.69) is 10.1 Å².